The van der Waals surface area contributed by atoms with Gasteiger partial charge < -0.3 is 15.2 Å². The Labute approximate surface area is 101 Å². The molecular formula is C12H19NO4. The molecule has 1 rings (SSSR count). The van der Waals surface area contributed by atoms with E-state index in [4.69, 9.17) is 9.84 Å². The van der Waals surface area contributed by atoms with Crippen LogP contribution in [0.4, 0.5) is 0 Å². The van der Waals surface area contributed by atoms with Crippen LogP contribution in [0.1, 0.15) is 25.7 Å². The molecule has 0 aliphatic heterocycles. The Morgan fingerprint density at radius 2 is 2.00 bits per heavy atom. The summed E-state index contributed by atoms with van der Waals surface area (Å²) in [6.07, 6.45) is 4.32. The third-order valence-corrected chi connectivity index (χ3v) is 2.92. The van der Waals surface area contributed by atoms with E-state index in [1.165, 1.54) is 0 Å². The van der Waals surface area contributed by atoms with Crippen molar-refractivity contribution in [1.82, 2.24) is 5.32 Å². The van der Waals surface area contributed by atoms with Crippen molar-refractivity contribution in [3.05, 3.63) is 12.7 Å². The molecule has 0 radical (unpaired) electrons. The molecule has 0 aromatic heterocycles. The Hall–Kier alpha value is -1.36. The highest BCUT2D eigenvalue weighted by molar-refractivity contribution is 5.77. The highest BCUT2D eigenvalue weighted by atomic mass is 16.5. The lowest BCUT2D eigenvalue weighted by Crippen LogP contribution is -2.32. The van der Waals surface area contributed by atoms with E-state index in [1.807, 2.05) is 0 Å². The van der Waals surface area contributed by atoms with Gasteiger partial charge in [0.25, 0.3) is 0 Å². The van der Waals surface area contributed by atoms with Crippen molar-refractivity contribution in [2.24, 2.45) is 5.92 Å². The van der Waals surface area contributed by atoms with E-state index >= 15 is 0 Å². The largest absolute Gasteiger partial charge is 0.481 e. The Morgan fingerprint density at radius 1 is 1.35 bits per heavy atom. The van der Waals surface area contributed by atoms with Crippen LogP contribution in [0, 0.1) is 5.92 Å². The molecule has 0 bridgehead atoms. The molecule has 1 aliphatic rings. The molecule has 5 heteroatoms. The minimum absolute atomic E-state index is 0.0140. The summed E-state index contributed by atoms with van der Waals surface area (Å²) in [6, 6.07) is 0. The van der Waals surface area contributed by atoms with E-state index in [-0.39, 0.29) is 24.5 Å². The van der Waals surface area contributed by atoms with Gasteiger partial charge in [0.2, 0.25) is 5.91 Å². The molecule has 17 heavy (non-hydrogen) atoms. The van der Waals surface area contributed by atoms with Crippen LogP contribution in [0.25, 0.3) is 0 Å². The van der Waals surface area contributed by atoms with Crippen molar-refractivity contribution in [2.75, 3.05) is 13.2 Å². The number of carbonyl (C=O) groups excluding carboxylic acids is 1. The summed E-state index contributed by atoms with van der Waals surface area (Å²) in [4.78, 5) is 22.0. The summed E-state index contributed by atoms with van der Waals surface area (Å²) >= 11 is 0. The minimum Gasteiger partial charge on any atom is -0.481 e. The van der Waals surface area contributed by atoms with E-state index < -0.39 is 5.97 Å². The number of hydrogen-bond donors (Lipinski definition) is 2. The van der Waals surface area contributed by atoms with Crippen molar-refractivity contribution < 1.29 is 19.4 Å². The fourth-order valence-electron chi connectivity index (χ4n) is 1.91. The van der Waals surface area contributed by atoms with Gasteiger partial charge in [0.05, 0.1) is 12.0 Å². The van der Waals surface area contributed by atoms with E-state index in [9.17, 15) is 9.59 Å². The quantitative estimate of drug-likeness (QED) is 0.679. The Balaban J connectivity index is 2.15. The Bertz CT molecular complexity index is 282. The second kappa shape index (κ2) is 7.06. The smallest absolute Gasteiger partial charge is 0.306 e. The van der Waals surface area contributed by atoms with Gasteiger partial charge in [-0.05, 0) is 25.7 Å². The predicted molar refractivity (Wildman–Crippen MR) is 62.5 cm³/mol. The van der Waals surface area contributed by atoms with Gasteiger partial charge in [-0.15, -0.1) is 6.58 Å². The van der Waals surface area contributed by atoms with E-state index in [0.717, 1.165) is 0 Å². The molecule has 0 unspecified atom stereocenters. The third kappa shape index (κ3) is 4.99. The van der Waals surface area contributed by atoms with Gasteiger partial charge in [-0.3, -0.25) is 9.59 Å². The summed E-state index contributed by atoms with van der Waals surface area (Å²) in [6.45, 7) is 3.97. The average Bonchev–Trinajstić information content (AvgIpc) is 2.34. The summed E-state index contributed by atoms with van der Waals surface area (Å²) in [5, 5.41) is 11.4. The SMILES string of the molecule is C=CCNC(=O)COC1CCC(C(=O)O)CC1. The maximum atomic E-state index is 11.2. The number of ether oxygens (including phenoxy) is 1. The first-order valence-corrected chi connectivity index (χ1v) is 5.85. The zero-order valence-corrected chi connectivity index (χ0v) is 9.85. The van der Waals surface area contributed by atoms with Crippen molar-refractivity contribution in [1.29, 1.82) is 0 Å². The fourth-order valence-corrected chi connectivity index (χ4v) is 1.91. The summed E-state index contributed by atoms with van der Waals surface area (Å²) in [5.41, 5.74) is 0. The van der Waals surface area contributed by atoms with Crippen molar-refractivity contribution >= 4 is 11.9 Å². The van der Waals surface area contributed by atoms with Crippen LogP contribution in [0.5, 0.6) is 0 Å². The summed E-state index contributed by atoms with van der Waals surface area (Å²) in [7, 11) is 0. The van der Waals surface area contributed by atoms with Crippen molar-refractivity contribution in [2.45, 2.75) is 31.8 Å². The second-order valence-corrected chi connectivity index (χ2v) is 4.22. The molecule has 1 amide bonds. The highest BCUT2D eigenvalue weighted by Gasteiger charge is 2.26. The van der Waals surface area contributed by atoms with Crippen LogP contribution < -0.4 is 5.32 Å². The van der Waals surface area contributed by atoms with Gasteiger partial charge in [0.1, 0.15) is 6.61 Å². The second-order valence-electron chi connectivity index (χ2n) is 4.22. The number of nitrogens with one attached hydrogen (secondary N) is 1. The molecule has 96 valence electrons. The van der Waals surface area contributed by atoms with Crippen LogP contribution in [0.2, 0.25) is 0 Å². The lowest BCUT2D eigenvalue weighted by Gasteiger charge is -2.25. The van der Waals surface area contributed by atoms with Crippen LogP contribution in [-0.4, -0.2) is 36.2 Å². The van der Waals surface area contributed by atoms with Gasteiger partial charge in [-0.2, -0.15) is 0 Å². The maximum absolute atomic E-state index is 11.2. The van der Waals surface area contributed by atoms with Gasteiger partial charge in [0.15, 0.2) is 0 Å². The molecule has 0 spiro atoms. The van der Waals surface area contributed by atoms with Crippen LogP contribution in [0.15, 0.2) is 12.7 Å². The topological polar surface area (TPSA) is 75.6 Å². The highest BCUT2D eigenvalue weighted by Crippen LogP contribution is 2.26. The predicted octanol–water partition coefficient (Wildman–Crippen LogP) is 0.949. The van der Waals surface area contributed by atoms with E-state index in [1.54, 1.807) is 6.08 Å². The molecule has 1 aliphatic carbocycles. The molecule has 0 aromatic carbocycles. The number of rotatable bonds is 6. The van der Waals surface area contributed by atoms with Gasteiger partial charge in [0, 0.05) is 6.54 Å². The van der Waals surface area contributed by atoms with Gasteiger partial charge in [-0.1, -0.05) is 6.08 Å². The molecule has 0 saturated heterocycles. The van der Waals surface area contributed by atoms with Crippen LogP contribution in [-0.2, 0) is 14.3 Å². The number of aliphatic carboxylic acids is 1. The lowest BCUT2D eigenvalue weighted by atomic mass is 9.87. The standard InChI is InChI=1S/C12H19NO4/c1-2-7-13-11(14)8-17-10-5-3-9(4-6-10)12(15)16/h2,9-10H,1,3-8H2,(H,13,14)(H,15,16). The molecular weight excluding hydrogens is 222 g/mol. The fraction of sp³-hybridized carbons (Fsp3) is 0.667. The number of carboxylic acid groups (broad SMARTS) is 1. The molecule has 0 atom stereocenters. The zero-order chi connectivity index (χ0) is 12.7. The molecule has 0 aromatic rings. The van der Waals surface area contributed by atoms with Crippen molar-refractivity contribution in [3.8, 4) is 0 Å². The molecule has 1 saturated carbocycles. The number of amides is 1. The zero-order valence-electron chi connectivity index (χ0n) is 9.85. The molecule has 2 N–H and O–H groups in total. The van der Waals surface area contributed by atoms with E-state index in [2.05, 4.69) is 11.9 Å². The minimum atomic E-state index is -0.729. The lowest BCUT2D eigenvalue weighted by molar-refractivity contribution is -0.144. The Kier molecular flexibility index (Phi) is 5.69. The van der Waals surface area contributed by atoms with Crippen LogP contribution >= 0.6 is 0 Å². The first-order valence-electron chi connectivity index (χ1n) is 5.85. The number of carbonyl (C=O) groups is 2. The summed E-state index contributed by atoms with van der Waals surface area (Å²) < 4.78 is 5.43. The average molecular weight is 241 g/mol. The first-order chi connectivity index (χ1) is 8.13. The molecule has 0 heterocycles. The van der Waals surface area contributed by atoms with Gasteiger partial charge in [-0.25, -0.2) is 0 Å². The molecule has 5 nitrogen and oxygen atoms in total. The van der Waals surface area contributed by atoms with Crippen LogP contribution in [0.3, 0.4) is 0 Å². The third-order valence-electron chi connectivity index (χ3n) is 2.92. The maximum Gasteiger partial charge on any atom is 0.306 e. The normalized spacial score (nSPS) is 24.0. The van der Waals surface area contributed by atoms with E-state index in [0.29, 0.717) is 32.2 Å². The monoisotopic (exact) mass is 241 g/mol. The molecule has 1 fully saturated rings. The Morgan fingerprint density at radius 3 is 2.53 bits per heavy atom. The van der Waals surface area contributed by atoms with Gasteiger partial charge >= 0.3 is 5.97 Å². The van der Waals surface area contributed by atoms with Crippen molar-refractivity contribution in [3.63, 3.8) is 0 Å². The number of hydrogen-bond acceptors (Lipinski definition) is 3. The first kappa shape index (κ1) is 13.7. The summed E-state index contributed by atoms with van der Waals surface area (Å²) in [5.74, 6) is -1.14. The number of carboxylic acids is 1.